The lowest BCUT2D eigenvalue weighted by Crippen LogP contribution is -2.10. The molecule has 0 spiro atoms. The van der Waals surface area contributed by atoms with Crippen LogP contribution in [0.15, 0.2) is 27.6 Å². The van der Waals surface area contributed by atoms with Crippen molar-refractivity contribution in [3.8, 4) is 0 Å². The van der Waals surface area contributed by atoms with Crippen LogP contribution in [0.2, 0.25) is 0 Å². The van der Waals surface area contributed by atoms with Gasteiger partial charge in [0.2, 0.25) is 0 Å². The summed E-state index contributed by atoms with van der Waals surface area (Å²) in [7, 11) is -2.05. The van der Waals surface area contributed by atoms with Gasteiger partial charge in [0.1, 0.15) is 5.82 Å². The molecule has 0 atom stereocenters. The number of nitrogen functional groups attached to an aromatic ring is 1. The van der Waals surface area contributed by atoms with Gasteiger partial charge in [-0.05, 0) is 41.1 Å². The Morgan fingerprint density at radius 3 is 2.55 bits per heavy atom. The van der Waals surface area contributed by atoms with Gasteiger partial charge >= 0.3 is 0 Å². The molecule has 5 nitrogen and oxygen atoms in total. The molecule has 2 aromatic rings. The normalized spacial score (nSPS) is 11.8. The molecular weight excluding hydrogens is 349 g/mol. The fourth-order valence-electron chi connectivity index (χ4n) is 1.86. The molecule has 0 saturated carbocycles. The minimum absolute atomic E-state index is 0.0730. The van der Waals surface area contributed by atoms with E-state index in [1.165, 1.54) is 10.7 Å². The predicted molar refractivity (Wildman–Crippen MR) is 77.3 cm³/mol. The first-order valence-electron chi connectivity index (χ1n) is 5.67. The van der Waals surface area contributed by atoms with Crippen LogP contribution in [-0.4, -0.2) is 18.2 Å². The molecule has 0 amide bonds. The third kappa shape index (κ3) is 2.85. The number of rotatable bonds is 3. The smallest absolute Gasteiger partial charge is 0.184 e. The predicted octanol–water partition coefficient (Wildman–Crippen LogP) is 2.19. The highest BCUT2D eigenvalue weighted by molar-refractivity contribution is 9.10. The Morgan fingerprint density at radius 2 is 2.05 bits per heavy atom. The maximum Gasteiger partial charge on any atom is 0.184 e. The van der Waals surface area contributed by atoms with Crippen LogP contribution in [-0.2, 0) is 22.6 Å². The third-order valence-corrected chi connectivity index (χ3v) is 5.48. The van der Waals surface area contributed by atoms with Gasteiger partial charge in [-0.3, -0.25) is 4.68 Å². The molecule has 0 aliphatic carbocycles. The van der Waals surface area contributed by atoms with E-state index in [1.54, 1.807) is 14.0 Å². The van der Waals surface area contributed by atoms with Crippen molar-refractivity contribution in [2.75, 3.05) is 5.73 Å². The molecule has 0 radical (unpaired) electrons. The van der Waals surface area contributed by atoms with Crippen molar-refractivity contribution in [1.29, 1.82) is 0 Å². The largest absolute Gasteiger partial charge is 0.399 e. The van der Waals surface area contributed by atoms with E-state index in [1.807, 2.05) is 0 Å². The highest BCUT2D eigenvalue weighted by Gasteiger charge is 2.22. The first kappa shape index (κ1) is 15.0. The molecule has 0 aliphatic heterocycles. The van der Waals surface area contributed by atoms with Crippen molar-refractivity contribution in [1.82, 2.24) is 9.78 Å². The number of nitrogens with two attached hydrogens (primary N) is 1. The molecule has 0 saturated heterocycles. The number of hydrogen-bond donors (Lipinski definition) is 1. The molecule has 1 aromatic carbocycles. The highest BCUT2D eigenvalue weighted by atomic mass is 79.9. The molecule has 1 heterocycles. The van der Waals surface area contributed by atoms with Crippen LogP contribution < -0.4 is 5.73 Å². The molecule has 0 fully saturated rings. The van der Waals surface area contributed by atoms with Gasteiger partial charge in [-0.1, -0.05) is 0 Å². The lowest BCUT2D eigenvalue weighted by molar-refractivity contribution is 0.587. The third-order valence-electron chi connectivity index (χ3n) is 2.84. The Labute approximate surface area is 124 Å². The lowest BCUT2D eigenvalue weighted by atomic mass is 10.3. The van der Waals surface area contributed by atoms with Gasteiger partial charge in [0, 0.05) is 12.7 Å². The molecule has 0 unspecified atom stereocenters. The van der Waals surface area contributed by atoms with Gasteiger partial charge in [-0.25, -0.2) is 12.8 Å². The van der Waals surface area contributed by atoms with E-state index < -0.39 is 15.7 Å². The molecule has 20 heavy (non-hydrogen) atoms. The zero-order valence-electron chi connectivity index (χ0n) is 10.9. The Kier molecular flexibility index (Phi) is 3.88. The van der Waals surface area contributed by atoms with Gasteiger partial charge in [0.05, 0.1) is 26.5 Å². The standard InChI is InChI=1S/C12H13BrFN3O2S/c1-7-12(13)11(17(2)16-7)6-20(18,19)10-4-8(14)3-9(15)5-10/h3-5H,6,15H2,1-2H3. The summed E-state index contributed by atoms with van der Waals surface area (Å²) in [6.45, 7) is 1.76. The van der Waals surface area contributed by atoms with Gasteiger partial charge in [0.15, 0.2) is 9.84 Å². The van der Waals surface area contributed by atoms with Gasteiger partial charge < -0.3 is 5.73 Å². The van der Waals surface area contributed by atoms with Crippen LogP contribution in [0.4, 0.5) is 10.1 Å². The maximum atomic E-state index is 13.3. The first-order valence-corrected chi connectivity index (χ1v) is 8.12. The van der Waals surface area contributed by atoms with E-state index in [0.29, 0.717) is 15.9 Å². The Morgan fingerprint density at radius 1 is 1.40 bits per heavy atom. The van der Waals surface area contributed by atoms with Crippen LogP contribution >= 0.6 is 15.9 Å². The summed E-state index contributed by atoms with van der Waals surface area (Å²) < 4.78 is 40.1. The van der Waals surface area contributed by atoms with E-state index in [-0.39, 0.29) is 16.3 Å². The summed E-state index contributed by atoms with van der Waals surface area (Å²) in [4.78, 5) is -0.138. The summed E-state index contributed by atoms with van der Waals surface area (Å²) in [5.74, 6) is -0.961. The van der Waals surface area contributed by atoms with Crippen LogP contribution in [0.3, 0.4) is 0 Å². The molecule has 1 aromatic heterocycles. The van der Waals surface area contributed by atoms with Gasteiger partial charge in [0.25, 0.3) is 0 Å². The van der Waals surface area contributed by atoms with E-state index in [4.69, 9.17) is 5.73 Å². The number of nitrogens with zero attached hydrogens (tertiary/aromatic N) is 2. The van der Waals surface area contributed by atoms with E-state index in [0.717, 1.165) is 12.1 Å². The second-order valence-corrected chi connectivity index (χ2v) is 7.23. The number of anilines is 1. The molecule has 2 rings (SSSR count). The summed E-state index contributed by atoms with van der Waals surface area (Å²) in [5, 5.41) is 4.13. The number of halogens is 2. The quantitative estimate of drug-likeness (QED) is 0.849. The fraction of sp³-hybridized carbons (Fsp3) is 0.250. The molecule has 108 valence electrons. The Bertz CT molecular complexity index is 751. The van der Waals surface area contributed by atoms with Crippen LogP contribution in [0.1, 0.15) is 11.4 Å². The maximum absolute atomic E-state index is 13.3. The second kappa shape index (κ2) is 5.17. The van der Waals surface area contributed by atoms with Crippen molar-refractivity contribution in [2.45, 2.75) is 17.6 Å². The molecular formula is C12H13BrFN3O2S. The Balaban J connectivity index is 2.46. The second-order valence-electron chi connectivity index (χ2n) is 4.45. The minimum Gasteiger partial charge on any atom is -0.399 e. The topological polar surface area (TPSA) is 78.0 Å². The number of hydrogen-bond acceptors (Lipinski definition) is 4. The van der Waals surface area contributed by atoms with Crippen LogP contribution in [0.5, 0.6) is 0 Å². The average Bonchev–Trinajstić information content (AvgIpc) is 2.54. The van der Waals surface area contributed by atoms with Crippen molar-refractivity contribution < 1.29 is 12.8 Å². The zero-order valence-corrected chi connectivity index (χ0v) is 13.3. The van der Waals surface area contributed by atoms with Crippen molar-refractivity contribution in [2.24, 2.45) is 7.05 Å². The molecule has 8 heteroatoms. The number of sulfone groups is 1. The van der Waals surface area contributed by atoms with E-state index in [2.05, 4.69) is 21.0 Å². The lowest BCUT2D eigenvalue weighted by Gasteiger charge is -2.07. The molecule has 0 aliphatic rings. The van der Waals surface area contributed by atoms with Crippen LogP contribution in [0.25, 0.3) is 0 Å². The number of benzene rings is 1. The summed E-state index contributed by atoms with van der Waals surface area (Å²) >= 11 is 3.31. The zero-order chi connectivity index (χ0) is 15.1. The van der Waals surface area contributed by atoms with Crippen molar-refractivity contribution in [3.05, 3.63) is 39.9 Å². The SMILES string of the molecule is Cc1nn(C)c(CS(=O)(=O)c2cc(N)cc(F)c2)c1Br. The molecule has 0 bridgehead atoms. The van der Waals surface area contributed by atoms with E-state index in [9.17, 15) is 12.8 Å². The average molecular weight is 362 g/mol. The summed E-state index contributed by atoms with van der Waals surface area (Å²) in [6.07, 6.45) is 0. The minimum atomic E-state index is -3.70. The van der Waals surface area contributed by atoms with Crippen LogP contribution in [0, 0.1) is 12.7 Å². The van der Waals surface area contributed by atoms with Crippen molar-refractivity contribution in [3.63, 3.8) is 0 Å². The molecule has 2 N–H and O–H groups in total. The highest BCUT2D eigenvalue weighted by Crippen LogP contribution is 2.26. The van der Waals surface area contributed by atoms with Gasteiger partial charge in [-0.15, -0.1) is 0 Å². The number of aryl methyl sites for hydroxylation is 2. The summed E-state index contributed by atoms with van der Waals surface area (Å²) in [5.41, 5.74) is 6.75. The monoisotopic (exact) mass is 361 g/mol. The van der Waals surface area contributed by atoms with Crippen molar-refractivity contribution >= 4 is 31.5 Å². The fourth-order valence-corrected chi connectivity index (χ4v) is 3.99. The van der Waals surface area contributed by atoms with E-state index >= 15 is 0 Å². The van der Waals surface area contributed by atoms with Gasteiger partial charge in [-0.2, -0.15) is 5.10 Å². The first-order chi connectivity index (χ1) is 9.20. The Hall–Kier alpha value is -1.41. The summed E-state index contributed by atoms with van der Waals surface area (Å²) in [6, 6.07) is 3.28. The number of aromatic nitrogens is 2.